The first-order valence-corrected chi connectivity index (χ1v) is 6.38. The molecule has 1 aromatic rings. The highest BCUT2D eigenvalue weighted by atomic mass is 16.1. The van der Waals surface area contributed by atoms with Crippen LogP contribution in [0.5, 0.6) is 0 Å². The average molecular weight is 232 g/mol. The zero-order valence-corrected chi connectivity index (χ0v) is 10.1. The fourth-order valence-corrected chi connectivity index (χ4v) is 2.33. The van der Waals surface area contributed by atoms with Crippen molar-refractivity contribution in [3.8, 4) is 0 Å². The molecule has 0 aromatic heterocycles. The third-order valence-corrected chi connectivity index (χ3v) is 3.30. The third kappa shape index (κ3) is 3.56. The summed E-state index contributed by atoms with van der Waals surface area (Å²) >= 11 is 0. The second-order valence-electron chi connectivity index (χ2n) is 4.75. The lowest BCUT2D eigenvalue weighted by atomic mass is 10.0. The summed E-state index contributed by atoms with van der Waals surface area (Å²) in [6.07, 6.45) is 5.42. The summed E-state index contributed by atoms with van der Waals surface area (Å²) in [5.74, 6) is 0.191. The Labute approximate surface area is 102 Å². The molecule has 0 aliphatic carbocycles. The van der Waals surface area contributed by atoms with Crippen molar-refractivity contribution in [2.75, 3.05) is 12.3 Å². The van der Waals surface area contributed by atoms with Crippen molar-refractivity contribution in [1.82, 2.24) is 5.32 Å². The van der Waals surface area contributed by atoms with Gasteiger partial charge in [-0.15, -0.1) is 0 Å². The molecule has 17 heavy (non-hydrogen) atoms. The standard InChI is InChI=1S/C14H20N2O/c15-12-6-4-5-11(9-12)14(17)10-13-7-2-1-3-8-16-13/h4-6,9,13,16H,1-3,7-8,10,15H2. The third-order valence-electron chi connectivity index (χ3n) is 3.30. The van der Waals surface area contributed by atoms with E-state index in [-0.39, 0.29) is 5.78 Å². The fourth-order valence-electron chi connectivity index (χ4n) is 2.33. The minimum Gasteiger partial charge on any atom is -0.399 e. The van der Waals surface area contributed by atoms with E-state index in [9.17, 15) is 4.79 Å². The van der Waals surface area contributed by atoms with Crippen molar-refractivity contribution in [3.05, 3.63) is 29.8 Å². The van der Waals surface area contributed by atoms with Gasteiger partial charge in [0, 0.05) is 23.7 Å². The highest BCUT2D eigenvalue weighted by molar-refractivity contribution is 5.97. The summed E-state index contributed by atoms with van der Waals surface area (Å²) in [6.45, 7) is 1.04. The molecule has 1 aliphatic heterocycles. The Balaban J connectivity index is 1.96. The van der Waals surface area contributed by atoms with E-state index in [2.05, 4.69) is 5.32 Å². The number of hydrogen-bond donors (Lipinski definition) is 2. The van der Waals surface area contributed by atoms with Crippen molar-refractivity contribution in [3.63, 3.8) is 0 Å². The van der Waals surface area contributed by atoms with Gasteiger partial charge in [0.15, 0.2) is 5.78 Å². The number of anilines is 1. The number of Topliss-reactive ketones (excluding diaryl/α,β-unsaturated/α-hetero) is 1. The number of benzene rings is 1. The monoisotopic (exact) mass is 232 g/mol. The van der Waals surface area contributed by atoms with Crippen LogP contribution in [0.4, 0.5) is 5.69 Å². The lowest BCUT2D eigenvalue weighted by Crippen LogP contribution is -2.30. The molecule has 2 rings (SSSR count). The summed E-state index contributed by atoms with van der Waals surface area (Å²) in [4.78, 5) is 12.1. The van der Waals surface area contributed by atoms with Crippen LogP contribution in [-0.4, -0.2) is 18.4 Å². The fraction of sp³-hybridized carbons (Fsp3) is 0.500. The van der Waals surface area contributed by atoms with Crippen LogP contribution >= 0.6 is 0 Å². The van der Waals surface area contributed by atoms with E-state index in [0.29, 0.717) is 18.2 Å². The van der Waals surface area contributed by atoms with Gasteiger partial charge in [0.1, 0.15) is 0 Å². The van der Waals surface area contributed by atoms with Gasteiger partial charge in [-0.3, -0.25) is 4.79 Å². The van der Waals surface area contributed by atoms with Crippen molar-refractivity contribution in [2.24, 2.45) is 0 Å². The summed E-state index contributed by atoms with van der Waals surface area (Å²) in [7, 11) is 0. The second kappa shape index (κ2) is 5.82. The number of nitrogen functional groups attached to an aromatic ring is 1. The zero-order chi connectivity index (χ0) is 12.1. The van der Waals surface area contributed by atoms with E-state index in [4.69, 9.17) is 5.73 Å². The Kier molecular flexibility index (Phi) is 4.15. The Morgan fingerprint density at radius 1 is 1.35 bits per heavy atom. The first-order chi connectivity index (χ1) is 8.25. The van der Waals surface area contributed by atoms with Crippen molar-refractivity contribution >= 4 is 11.5 Å². The van der Waals surface area contributed by atoms with Crippen LogP contribution in [0.15, 0.2) is 24.3 Å². The maximum absolute atomic E-state index is 12.1. The molecule has 1 saturated heterocycles. The smallest absolute Gasteiger partial charge is 0.164 e. The predicted molar refractivity (Wildman–Crippen MR) is 70.1 cm³/mol. The molecule has 1 heterocycles. The van der Waals surface area contributed by atoms with Gasteiger partial charge < -0.3 is 11.1 Å². The lowest BCUT2D eigenvalue weighted by Gasteiger charge is -2.14. The van der Waals surface area contributed by atoms with Crippen molar-refractivity contribution in [1.29, 1.82) is 0 Å². The van der Waals surface area contributed by atoms with Gasteiger partial charge in [-0.2, -0.15) is 0 Å². The number of carbonyl (C=O) groups excluding carboxylic acids is 1. The van der Waals surface area contributed by atoms with Crippen LogP contribution in [0.2, 0.25) is 0 Å². The molecule has 0 amide bonds. The number of nitrogens with two attached hydrogens (primary N) is 1. The number of rotatable bonds is 3. The van der Waals surface area contributed by atoms with Gasteiger partial charge >= 0.3 is 0 Å². The maximum Gasteiger partial charge on any atom is 0.164 e. The summed E-state index contributed by atoms with van der Waals surface area (Å²) < 4.78 is 0. The molecular formula is C14H20N2O. The molecule has 1 aromatic carbocycles. The van der Waals surface area contributed by atoms with Gasteiger partial charge in [0.25, 0.3) is 0 Å². The molecule has 0 saturated carbocycles. The summed E-state index contributed by atoms with van der Waals surface area (Å²) in [6, 6.07) is 7.59. The molecule has 3 heteroatoms. The van der Waals surface area contributed by atoms with E-state index < -0.39 is 0 Å². The number of ketones is 1. The van der Waals surface area contributed by atoms with Crippen molar-refractivity contribution in [2.45, 2.75) is 38.1 Å². The van der Waals surface area contributed by atoms with Gasteiger partial charge in [0.05, 0.1) is 0 Å². The first kappa shape index (κ1) is 12.1. The summed E-state index contributed by atoms with van der Waals surface area (Å²) in [5, 5.41) is 3.44. The Hall–Kier alpha value is -1.35. The minimum atomic E-state index is 0.191. The number of nitrogens with one attached hydrogen (secondary N) is 1. The highest BCUT2D eigenvalue weighted by Crippen LogP contribution is 2.15. The molecule has 3 nitrogen and oxygen atoms in total. The molecule has 1 fully saturated rings. The topological polar surface area (TPSA) is 55.1 Å². The summed E-state index contributed by atoms with van der Waals surface area (Å²) in [5.41, 5.74) is 7.08. The van der Waals surface area contributed by atoms with Crippen LogP contribution in [0, 0.1) is 0 Å². The molecule has 0 spiro atoms. The van der Waals surface area contributed by atoms with E-state index in [1.807, 2.05) is 12.1 Å². The first-order valence-electron chi connectivity index (χ1n) is 6.38. The highest BCUT2D eigenvalue weighted by Gasteiger charge is 2.16. The zero-order valence-electron chi connectivity index (χ0n) is 10.1. The largest absolute Gasteiger partial charge is 0.399 e. The average Bonchev–Trinajstić information content (AvgIpc) is 2.57. The molecule has 3 N–H and O–H groups in total. The lowest BCUT2D eigenvalue weighted by molar-refractivity contribution is 0.0968. The Morgan fingerprint density at radius 2 is 2.24 bits per heavy atom. The molecule has 0 bridgehead atoms. The van der Waals surface area contributed by atoms with E-state index in [1.54, 1.807) is 12.1 Å². The normalized spacial score (nSPS) is 20.8. The van der Waals surface area contributed by atoms with Crippen LogP contribution in [0.1, 0.15) is 42.5 Å². The van der Waals surface area contributed by atoms with Gasteiger partial charge in [-0.25, -0.2) is 0 Å². The minimum absolute atomic E-state index is 0.191. The van der Waals surface area contributed by atoms with Crippen LogP contribution < -0.4 is 11.1 Å². The van der Waals surface area contributed by atoms with Crippen LogP contribution in [0.25, 0.3) is 0 Å². The molecular weight excluding hydrogens is 212 g/mol. The van der Waals surface area contributed by atoms with E-state index >= 15 is 0 Å². The molecule has 1 aliphatic rings. The second-order valence-corrected chi connectivity index (χ2v) is 4.75. The Morgan fingerprint density at radius 3 is 3.06 bits per heavy atom. The van der Waals surface area contributed by atoms with Crippen LogP contribution in [-0.2, 0) is 0 Å². The van der Waals surface area contributed by atoms with E-state index in [0.717, 1.165) is 18.5 Å². The van der Waals surface area contributed by atoms with Gasteiger partial charge in [-0.1, -0.05) is 25.0 Å². The predicted octanol–water partition coefficient (Wildman–Crippen LogP) is 2.37. The molecule has 0 radical (unpaired) electrons. The van der Waals surface area contributed by atoms with Gasteiger partial charge in [-0.05, 0) is 31.5 Å². The molecule has 92 valence electrons. The van der Waals surface area contributed by atoms with Crippen LogP contribution in [0.3, 0.4) is 0 Å². The number of hydrogen-bond acceptors (Lipinski definition) is 3. The molecule has 1 unspecified atom stereocenters. The van der Waals surface area contributed by atoms with E-state index in [1.165, 1.54) is 19.3 Å². The number of carbonyl (C=O) groups is 1. The quantitative estimate of drug-likeness (QED) is 0.621. The molecule has 1 atom stereocenters. The maximum atomic E-state index is 12.1. The van der Waals surface area contributed by atoms with Crippen molar-refractivity contribution < 1.29 is 4.79 Å². The SMILES string of the molecule is Nc1cccc(C(=O)CC2CCCCCN2)c1. The van der Waals surface area contributed by atoms with Gasteiger partial charge in [0.2, 0.25) is 0 Å². The Bertz CT molecular complexity index is 382.